The first kappa shape index (κ1) is 16.6. The van der Waals surface area contributed by atoms with Gasteiger partial charge in [-0.2, -0.15) is 0 Å². The molecule has 1 aliphatic heterocycles. The van der Waals surface area contributed by atoms with Gasteiger partial charge in [-0.15, -0.1) is 0 Å². The highest BCUT2D eigenvalue weighted by Gasteiger charge is 2.38. The fraction of sp³-hybridized carbons (Fsp3) is 0.571. The molecule has 1 heterocycles. The number of methoxy groups -OCH3 is 1. The molecule has 1 aromatic carbocycles. The van der Waals surface area contributed by atoms with Gasteiger partial charge in [0.1, 0.15) is 11.5 Å². The Hall–Kier alpha value is -1.81. The minimum Gasteiger partial charge on any atom is -0.512 e. The van der Waals surface area contributed by atoms with Gasteiger partial charge in [0.2, 0.25) is 0 Å². The summed E-state index contributed by atoms with van der Waals surface area (Å²) in [7, 11) is 1.63. The molecule has 2 aliphatic carbocycles. The van der Waals surface area contributed by atoms with Crippen molar-refractivity contribution in [1.82, 2.24) is 0 Å². The highest BCUT2D eigenvalue weighted by atomic mass is 16.5. The number of aliphatic hydroxyl groups is 1. The lowest BCUT2D eigenvalue weighted by Gasteiger charge is -2.24. The van der Waals surface area contributed by atoms with Gasteiger partial charge in [0.25, 0.3) is 0 Å². The van der Waals surface area contributed by atoms with Crippen LogP contribution in [-0.4, -0.2) is 31.2 Å². The Bertz CT molecular complexity index is 696. The lowest BCUT2D eigenvalue weighted by molar-refractivity contribution is -0.117. The maximum Gasteiger partial charge on any atom is 0.170 e. The Morgan fingerprint density at radius 1 is 1.20 bits per heavy atom. The molecule has 1 N–H and O–H groups in total. The van der Waals surface area contributed by atoms with Crippen LogP contribution in [0.15, 0.2) is 24.0 Å². The first-order valence-electron chi connectivity index (χ1n) is 9.39. The summed E-state index contributed by atoms with van der Waals surface area (Å²) in [6, 6.07) is 5.94. The van der Waals surface area contributed by atoms with Gasteiger partial charge in [-0.3, -0.25) is 4.79 Å². The number of rotatable bonds is 5. The third-order valence-electron chi connectivity index (χ3n) is 5.85. The number of allylic oxidation sites excluding steroid dienone is 2. The predicted octanol–water partition coefficient (Wildman–Crippen LogP) is 4.25. The van der Waals surface area contributed by atoms with Gasteiger partial charge in [0, 0.05) is 25.6 Å². The Morgan fingerprint density at radius 2 is 1.96 bits per heavy atom. The maximum absolute atomic E-state index is 13.1. The average Bonchev–Trinajstić information content (AvgIpc) is 3.43. The zero-order valence-electron chi connectivity index (χ0n) is 14.8. The van der Waals surface area contributed by atoms with Crippen LogP contribution in [0.5, 0.6) is 5.75 Å². The fourth-order valence-electron chi connectivity index (χ4n) is 4.27. The quantitative estimate of drug-likeness (QED) is 0.869. The fourth-order valence-corrected chi connectivity index (χ4v) is 4.27. The molecular weight excluding hydrogens is 316 g/mol. The third-order valence-corrected chi connectivity index (χ3v) is 5.85. The smallest absolute Gasteiger partial charge is 0.170 e. The lowest BCUT2D eigenvalue weighted by atomic mass is 9.85. The number of ether oxygens (including phenoxy) is 2. The molecule has 0 radical (unpaired) electrons. The molecule has 2 fully saturated rings. The Labute approximate surface area is 148 Å². The second-order valence-electron chi connectivity index (χ2n) is 7.61. The van der Waals surface area contributed by atoms with Gasteiger partial charge in [-0.05, 0) is 67.2 Å². The van der Waals surface area contributed by atoms with Crippen LogP contribution < -0.4 is 4.74 Å². The number of carbonyl (C=O) groups excluding carboxylic acids is 1. The van der Waals surface area contributed by atoms with Crippen molar-refractivity contribution in [2.24, 2.45) is 11.8 Å². The van der Waals surface area contributed by atoms with Gasteiger partial charge < -0.3 is 14.6 Å². The van der Waals surface area contributed by atoms with Crippen molar-refractivity contribution in [2.75, 3.05) is 20.3 Å². The Balaban J connectivity index is 1.59. The van der Waals surface area contributed by atoms with Crippen LogP contribution in [0, 0.1) is 11.8 Å². The summed E-state index contributed by atoms with van der Waals surface area (Å²) in [5.41, 5.74) is 2.61. The van der Waals surface area contributed by atoms with Crippen molar-refractivity contribution in [3.8, 4) is 5.75 Å². The molecule has 134 valence electrons. The molecule has 0 spiro atoms. The standard InChI is InChI=1S/C21H26O4/c1-24-16-4-5-17(14-2-3-14)18(12-16)20-19(22)11-15(21(20)23)10-13-6-8-25-9-7-13/h4-5,12-15,22H,2-3,6-11H2,1H3. The SMILES string of the molecule is COc1ccc(C2CC2)c(C2=C(O)CC(CC3CCOCC3)C2=O)c1. The monoisotopic (exact) mass is 342 g/mol. The third kappa shape index (κ3) is 3.32. The van der Waals surface area contributed by atoms with Crippen LogP contribution in [0.1, 0.15) is 55.6 Å². The van der Waals surface area contributed by atoms with Gasteiger partial charge in [0.15, 0.2) is 5.78 Å². The molecule has 0 aromatic heterocycles. The van der Waals surface area contributed by atoms with E-state index in [1.807, 2.05) is 12.1 Å². The summed E-state index contributed by atoms with van der Waals surface area (Å²) in [4.78, 5) is 13.1. The van der Waals surface area contributed by atoms with Crippen LogP contribution in [0.4, 0.5) is 0 Å². The Morgan fingerprint density at radius 3 is 2.64 bits per heavy atom. The molecule has 4 rings (SSSR count). The van der Waals surface area contributed by atoms with Crippen LogP contribution >= 0.6 is 0 Å². The number of benzene rings is 1. The van der Waals surface area contributed by atoms with Gasteiger partial charge in [0.05, 0.1) is 12.7 Å². The molecule has 0 bridgehead atoms. The minimum atomic E-state index is -0.0867. The van der Waals surface area contributed by atoms with Crippen molar-refractivity contribution < 1.29 is 19.4 Å². The van der Waals surface area contributed by atoms with E-state index >= 15 is 0 Å². The molecule has 1 unspecified atom stereocenters. The molecule has 1 saturated carbocycles. The van der Waals surface area contributed by atoms with Crippen LogP contribution in [0.3, 0.4) is 0 Å². The largest absolute Gasteiger partial charge is 0.512 e. The summed E-state index contributed by atoms with van der Waals surface area (Å²) in [6.07, 6.45) is 5.70. The molecule has 4 heteroatoms. The van der Waals surface area contributed by atoms with Crippen LogP contribution in [0.25, 0.3) is 5.57 Å². The van der Waals surface area contributed by atoms with E-state index in [4.69, 9.17) is 9.47 Å². The number of ketones is 1. The van der Waals surface area contributed by atoms with Gasteiger partial charge in [-0.25, -0.2) is 0 Å². The van der Waals surface area contributed by atoms with E-state index in [0.29, 0.717) is 23.8 Å². The average molecular weight is 342 g/mol. The lowest BCUT2D eigenvalue weighted by Crippen LogP contribution is -2.21. The van der Waals surface area contributed by atoms with Crippen molar-refractivity contribution >= 4 is 11.4 Å². The summed E-state index contributed by atoms with van der Waals surface area (Å²) in [5.74, 6) is 2.07. The highest BCUT2D eigenvalue weighted by Crippen LogP contribution is 2.47. The first-order valence-corrected chi connectivity index (χ1v) is 9.39. The van der Waals surface area contributed by atoms with E-state index in [1.54, 1.807) is 7.11 Å². The van der Waals surface area contributed by atoms with Crippen LogP contribution in [0.2, 0.25) is 0 Å². The Kier molecular flexibility index (Phi) is 4.55. The topological polar surface area (TPSA) is 55.8 Å². The number of carbonyl (C=O) groups is 1. The first-order chi connectivity index (χ1) is 12.2. The normalized spacial score (nSPS) is 24.8. The van der Waals surface area contributed by atoms with Crippen LogP contribution in [-0.2, 0) is 9.53 Å². The summed E-state index contributed by atoms with van der Waals surface area (Å²) >= 11 is 0. The molecule has 1 aromatic rings. The zero-order chi connectivity index (χ0) is 17.4. The van der Waals surface area contributed by atoms with E-state index in [9.17, 15) is 9.90 Å². The van der Waals surface area contributed by atoms with E-state index in [0.717, 1.165) is 56.6 Å². The summed E-state index contributed by atoms with van der Waals surface area (Å²) in [5, 5.41) is 10.6. The van der Waals surface area contributed by atoms with Crippen molar-refractivity contribution in [2.45, 2.75) is 44.4 Å². The summed E-state index contributed by atoms with van der Waals surface area (Å²) < 4.78 is 10.8. The maximum atomic E-state index is 13.1. The number of hydrogen-bond acceptors (Lipinski definition) is 4. The highest BCUT2D eigenvalue weighted by molar-refractivity contribution is 6.24. The molecule has 0 amide bonds. The molecule has 25 heavy (non-hydrogen) atoms. The predicted molar refractivity (Wildman–Crippen MR) is 95.8 cm³/mol. The molecule has 1 saturated heterocycles. The summed E-state index contributed by atoms with van der Waals surface area (Å²) in [6.45, 7) is 1.58. The number of hydrogen-bond donors (Lipinski definition) is 1. The molecule has 4 nitrogen and oxygen atoms in total. The number of aliphatic hydroxyl groups excluding tert-OH is 1. The van der Waals surface area contributed by atoms with Crippen molar-refractivity contribution in [1.29, 1.82) is 0 Å². The van der Waals surface area contributed by atoms with Gasteiger partial charge >= 0.3 is 0 Å². The van der Waals surface area contributed by atoms with E-state index < -0.39 is 0 Å². The molecule has 3 aliphatic rings. The second-order valence-corrected chi connectivity index (χ2v) is 7.61. The van der Waals surface area contributed by atoms with E-state index in [-0.39, 0.29) is 17.5 Å². The van der Waals surface area contributed by atoms with E-state index in [2.05, 4.69) is 6.07 Å². The molecular formula is C21H26O4. The van der Waals surface area contributed by atoms with Crippen molar-refractivity contribution in [3.05, 3.63) is 35.1 Å². The molecule has 1 atom stereocenters. The number of Topliss-reactive ketones (excluding diaryl/α,β-unsaturated/α-hetero) is 1. The zero-order valence-corrected chi connectivity index (χ0v) is 14.8. The van der Waals surface area contributed by atoms with Crippen molar-refractivity contribution in [3.63, 3.8) is 0 Å². The minimum absolute atomic E-state index is 0.0867. The van der Waals surface area contributed by atoms with Gasteiger partial charge in [-0.1, -0.05) is 6.07 Å². The van der Waals surface area contributed by atoms with E-state index in [1.165, 1.54) is 5.56 Å². The second kappa shape index (κ2) is 6.83.